The average molecular weight is 254 g/mol. The Morgan fingerprint density at radius 1 is 0.944 bits per heavy atom. The highest BCUT2D eigenvalue weighted by Gasteiger charge is 2.27. The minimum Gasteiger partial charge on any atom is -0.206 e. The lowest BCUT2D eigenvalue weighted by molar-refractivity contribution is 0.281. The van der Waals surface area contributed by atoms with Crippen LogP contribution in [-0.2, 0) is 0 Å². The molecule has 0 atom stereocenters. The third-order valence-electron chi connectivity index (χ3n) is 3.81. The molecule has 1 fully saturated rings. The van der Waals surface area contributed by atoms with Crippen molar-refractivity contribution in [2.24, 2.45) is 5.92 Å². The monoisotopic (exact) mass is 254 g/mol. The van der Waals surface area contributed by atoms with E-state index in [-0.39, 0.29) is 0 Å². The van der Waals surface area contributed by atoms with E-state index in [2.05, 4.69) is 24.3 Å². The van der Waals surface area contributed by atoms with Crippen molar-refractivity contribution in [2.45, 2.75) is 38.5 Å². The van der Waals surface area contributed by atoms with Crippen LogP contribution in [0.15, 0.2) is 36.2 Å². The molecule has 1 aromatic rings. The van der Waals surface area contributed by atoms with Crippen LogP contribution in [0.5, 0.6) is 0 Å². The van der Waals surface area contributed by atoms with E-state index >= 15 is 0 Å². The molecule has 18 heavy (non-hydrogen) atoms. The van der Waals surface area contributed by atoms with Crippen LogP contribution in [0.2, 0.25) is 0 Å². The van der Waals surface area contributed by atoms with Gasteiger partial charge in [-0.15, -0.1) is 0 Å². The third kappa shape index (κ3) is 2.95. The predicted molar refractivity (Wildman–Crippen MR) is 66.2 cm³/mol. The number of rotatable bonds is 2. The average Bonchev–Trinajstić information content (AvgIpc) is 2.39. The summed E-state index contributed by atoms with van der Waals surface area (Å²) in [5.74, 6) is -1.38. The van der Waals surface area contributed by atoms with Crippen molar-refractivity contribution in [1.29, 1.82) is 0 Å². The Labute approximate surface area is 106 Å². The fourth-order valence-electron chi connectivity index (χ4n) is 2.67. The second kappa shape index (κ2) is 5.59. The van der Waals surface area contributed by atoms with Crippen LogP contribution in [0.4, 0.5) is 13.2 Å². The Hall–Kier alpha value is -1.25. The van der Waals surface area contributed by atoms with Gasteiger partial charge in [0.2, 0.25) is 0 Å². The summed E-state index contributed by atoms with van der Waals surface area (Å²) < 4.78 is 37.5. The molecule has 0 saturated heterocycles. The van der Waals surface area contributed by atoms with Gasteiger partial charge >= 0.3 is 6.08 Å². The molecule has 0 aromatic heterocycles. The van der Waals surface area contributed by atoms with Crippen molar-refractivity contribution in [3.63, 3.8) is 0 Å². The van der Waals surface area contributed by atoms with Gasteiger partial charge < -0.3 is 0 Å². The van der Waals surface area contributed by atoms with Gasteiger partial charge in [-0.3, -0.25) is 0 Å². The Bertz CT molecular complexity index is 422. The molecule has 1 saturated carbocycles. The Kier molecular flexibility index (Phi) is 4.10. The molecule has 1 aliphatic rings. The van der Waals surface area contributed by atoms with Crippen LogP contribution >= 0.6 is 0 Å². The number of benzene rings is 1. The maximum Gasteiger partial charge on any atom is 0.301 e. The molecule has 0 radical (unpaired) electrons. The summed E-state index contributed by atoms with van der Waals surface area (Å²) in [5, 5.41) is 0. The number of hydrogen-bond acceptors (Lipinski definition) is 0. The van der Waals surface area contributed by atoms with Crippen molar-refractivity contribution in [2.75, 3.05) is 0 Å². The SMILES string of the molecule is Cc1ccc(C2CCC(C(F)=C(F)F)CC2)cc1. The van der Waals surface area contributed by atoms with Crippen molar-refractivity contribution in [3.05, 3.63) is 47.3 Å². The van der Waals surface area contributed by atoms with Gasteiger partial charge in [0, 0.05) is 5.92 Å². The van der Waals surface area contributed by atoms with Gasteiger partial charge in [-0.1, -0.05) is 29.8 Å². The Morgan fingerprint density at radius 2 is 1.50 bits per heavy atom. The second-order valence-electron chi connectivity index (χ2n) is 5.07. The Morgan fingerprint density at radius 3 is 2.00 bits per heavy atom. The van der Waals surface area contributed by atoms with E-state index in [1.54, 1.807) is 0 Å². The molecule has 0 amide bonds. The highest BCUT2D eigenvalue weighted by Crippen LogP contribution is 2.40. The van der Waals surface area contributed by atoms with Gasteiger partial charge in [0.05, 0.1) is 0 Å². The quantitative estimate of drug-likeness (QED) is 0.667. The number of halogens is 3. The summed E-state index contributed by atoms with van der Waals surface area (Å²) in [6.07, 6.45) is 0.459. The number of aryl methyl sites for hydroxylation is 1. The molecule has 3 heteroatoms. The highest BCUT2D eigenvalue weighted by molar-refractivity contribution is 5.25. The molecule has 0 N–H and O–H groups in total. The van der Waals surface area contributed by atoms with Crippen molar-refractivity contribution >= 4 is 0 Å². The number of hydrogen-bond donors (Lipinski definition) is 0. The summed E-state index contributed by atoms with van der Waals surface area (Å²) >= 11 is 0. The predicted octanol–water partition coefficient (Wildman–Crippen LogP) is 5.35. The van der Waals surface area contributed by atoms with Crippen molar-refractivity contribution < 1.29 is 13.2 Å². The zero-order valence-corrected chi connectivity index (χ0v) is 10.4. The van der Waals surface area contributed by atoms with Gasteiger partial charge in [-0.25, -0.2) is 4.39 Å². The van der Waals surface area contributed by atoms with Crippen LogP contribution in [0.3, 0.4) is 0 Å². The lowest BCUT2D eigenvalue weighted by Crippen LogP contribution is -2.14. The summed E-state index contributed by atoms with van der Waals surface area (Å²) in [6.45, 7) is 2.03. The van der Waals surface area contributed by atoms with Gasteiger partial charge in [-0.2, -0.15) is 8.78 Å². The fraction of sp³-hybridized carbons (Fsp3) is 0.467. The molecule has 1 aromatic carbocycles. The van der Waals surface area contributed by atoms with Crippen molar-refractivity contribution in [3.8, 4) is 0 Å². The smallest absolute Gasteiger partial charge is 0.206 e. The van der Waals surface area contributed by atoms with Crippen LogP contribution in [-0.4, -0.2) is 0 Å². The van der Waals surface area contributed by atoms with Crippen LogP contribution < -0.4 is 0 Å². The van der Waals surface area contributed by atoms with E-state index in [1.165, 1.54) is 11.1 Å². The second-order valence-corrected chi connectivity index (χ2v) is 5.07. The summed E-state index contributed by atoms with van der Waals surface area (Å²) in [4.78, 5) is 0. The first-order valence-corrected chi connectivity index (χ1v) is 6.35. The van der Waals surface area contributed by atoms with Gasteiger partial charge in [0.1, 0.15) is 0 Å². The molecule has 0 unspecified atom stereocenters. The molecule has 0 heterocycles. The lowest BCUT2D eigenvalue weighted by Gasteiger charge is -2.27. The molecule has 0 spiro atoms. The van der Waals surface area contributed by atoms with Gasteiger partial charge in [0.15, 0.2) is 5.83 Å². The molecular formula is C15H17F3. The van der Waals surface area contributed by atoms with E-state index in [0.717, 1.165) is 12.8 Å². The molecule has 1 aliphatic carbocycles. The maximum absolute atomic E-state index is 13.1. The molecule has 98 valence electrons. The summed E-state index contributed by atoms with van der Waals surface area (Å²) in [6, 6.07) is 8.29. The first-order valence-electron chi connectivity index (χ1n) is 6.35. The first-order chi connectivity index (χ1) is 8.58. The lowest BCUT2D eigenvalue weighted by atomic mass is 9.78. The van der Waals surface area contributed by atoms with Gasteiger partial charge in [-0.05, 0) is 44.1 Å². The van der Waals surface area contributed by atoms with Gasteiger partial charge in [0.25, 0.3) is 0 Å². The highest BCUT2D eigenvalue weighted by atomic mass is 19.3. The van der Waals surface area contributed by atoms with Crippen LogP contribution in [0.1, 0.15) is 42.7 Å². The molecule has 0 nitrogen and oxygen atoms in total. The van der Waals surface area contributed by atoms with Crippen LogP contribution in [0, 0.1) is 12.8 Å². The maximum atomic E-state index is 13.1. The van der Waals surface area contributed by atoms with E-state index in [4.69, 9.17) is 0 Å². The minimum absolute atomic E-state index is 0.386. The minimum atomic E-state index is -2.14. The zero-order valence-electron chi connectivity index (χ0n) is 10.4. The van der Waals surface area contributed by atoms with E-state index < -0.39 is 17.8 Å². The molecule has 2 rings (SSSR count). The van der Waals surface area contributed by atoms with Crippen molar-refractivity contribution in [1.82, 2.24) is 0 Å². The van der Waals surface area contributed by atoms with E-state index in [1.807, 2.05) is 6.92 Å². The molecule has 0 aliphatic heterocycles. The fourth-order valence-corrected chi connectivity index (χ4v) is 2.67. The normalized spacial score (nSPS) is 23.8. The zero-order chi connectivity index (χ0) is 13.1. The van der Waals surface area contributed by atoms with E-state index in [0.29, 0.717) is 18.8 Å². The topological polar surface area (TPSA) is 0 Å². The third-order valence-corrected chi connectivity index (χ3v) is 3.81. The standard InChI is InChI=1S/C15H17F3/c1-10-2-4-11(5-3-10)12-6-8-13(9-7-12)14(16)15(17)18/h2-5,12-13H,6-9H2,1H3. The summed E-state index contributed by atoms with van der Waals surface area (Å²) in [7, 11) is 0. The first kappa shape index (κ1) is 13.2. The van der Waals surface area contributed by atoms with Crippen LogP contribution in [0.25, 0.3) is 0 Å². The molecule has 0 bridgehead atoms. The molecular weight excluding hydrogens is 237 g/mol. The largest absolute Gasteiger partial charge is 0.301 e. The Balaban J connectivity index is 1.99. The van der Waals surface area contributed by atoms with E-state index in [9.17, 15) is 13.2 Å². The summed E-state index contributed by atoms with van der Waals surface area (Å²) in [5.41, 5.74) is 2.45. The number of allylic oxidation sites excluding steroid dienone is 1.